The van der Waals surface area contributed by atoms with Gasteiger partial charge in [-0.05, 0) is 48.9 Å². The molecule has 0 bridgehead atoms. The SMILES string of the molecule is Cc1ccc2nc(-c3ccc(NC(=O)CN4CCN(CC(=O)O)CCN(CC(=O)O)CCN(CC(=O)O)CC4)cc3)sc2c1. The molecule has 4 N–H and O–H groups in total. The molecule has 13 nitrogen and oxygen atoms in total. The molecule has 3 aromatic rings. The summed E-state index contributed by atoms with van der Waals surface area (Å²) in [5, 5.41) is 31.9. The highest BCUT2D eigenvalue weighted by atomic mass is 32.1. The highest BCUT2D eigenvalue weighted by Gasteiger charge is 2.21. The van der Waals surface area contributed by atoms with E-state index in [1.807, 2.05) is 48.2 Å². The van der Waals surface area contributed by atoms with Gasteiger partial charge in [0.25, 0.3) is 0 Å². The Labute approximate surface area is 259 Å². The Kier molecular flexibility index (Phi) is 11.7. The van der Waals surface area contributed by atoms with Crippen molar-refractivity contribution >= 4 is 51.1 Å². The number of carbonyl (C=O) groups is 4. The fourth-order valence-electron chi connectivity index (χ4n) is 5.04. The molecule has 0 unspecified atom stereocenters. The van der Waals surface area contributed by atoms with Gasteiger partial charge >= 0.3 is 17.9 Å². The van der Waals surface area contributed by atoms with Crippen LogP contribution in [0.25, 0.3) is 20.8 Å². The molecule has 14 heteroatoms. The first-order valence-corrected chi connectivity index (χ1v) is 15.2. The number of carbonyl (C=O) groups excluding carboxylic acids is 1. The highest BCUT2D eigenvalue weighted by molar-refractivity contribution is 7.21. The molecule has 0 spiro atoms. The number of aromatic nitrogens is 1. The topological polar surface area (TPSA) is 167 Å². The zero-order valence-electron chi connectivity index (χ0n) is 24.6. The Balaban J connectivity index is 1.41. The number of carboxylic acid groups (broad SMARTS) is 3. The second-order valence-corrected chi connectivity index (χ2v) is 11.9. The van der Waals surface area contributed by atoms with E-state index >= 15 is 0 Å². The number of nitrogens with one attached hydrogen (secondary N) is 1. The number of aryl methyl sites for hydroxylation is 1. The second-order valence-electron chi connectivity index (χ2n) is 10.9. The predicted molar refractivity (Wildman–Crippen MR) is 167 cm³/mol. The molecule has 0 saturated carbocycles. The van der Waals surface area contributed by atoms with Crippen molar-refractivity contribution < 1.29 is 34.5 Å². The van der Waals surface area contributed by atoms with E-state index in [0.717, 1.165) is 20.8 Å². The summed E-state index contributed by atoms with van der Waals surface area (Å²) in [7, 11) is 0. The molecule has 0 atom stereocenters. The number of anilines is 1. The summed E-state index contributed by atoms with van der Waals surface area (Å²) in [6.07, 6.45) is 0. The van der Waals surface area contributed by atoms with Gasteiger partial charge < -0.3 is 20.6 Å². The molecule has 1 amide bonds. The standard InChI is InChI=1S/C30H38N6O7S/c1-21-2-7-24-25(16-21)44-30(32-24)22-3-5-23(6-4-22)31-26(37)17-33-8-10-34(18-27(38)39)12-14-36(20-29(42)43)15-13-35(11-9-33)19-28(40)41/h2-7,16H,8-15,17-20H2,1H3,(H,31,37)(H,38,39)(H,40,41)(H,42,43). The van der Waals surface area contributed by atoms with Gasteiger partial charge in [-0.3, -0.25) is 38.8 Å². The Morgan fingerprint density at radius 3 is 1.61 bits per heavy atom. The maximum atomic E-state index is 13.1. The van der Waals surface area contributed by atoms with Crippen molar-refractivity contribution in [3.63, 3.8) is 0 Å². The lowest BCUT2D eigenvalue weighted by atomic mass is 10.2. The predicted octanol–water partition coefficient (Wildman–Crippen LogP) is 1.69. The van der Waals surface area contributed by atoms with Gasteiger partial charge in [0.15, 0.2) is 0 Å². The molecule has 1 fully saturated rings. The average molecular weight is 627 g/mol. The smallest absolute Gasteiger partial charge is 0.317 e. The van der Waals surface area contributed by atoms with Crippen LogP contribution in [0.5, 0.6) is 0 Å². The van der Waals surface area contributed by atoms with Crippen LogP contribution in [0.2, 0.25) is 0 Å². The summed E-state index contributed by atoms with van der Waals surface area (Å²) in [6.45, 7) is 4.11. The van der Waals surface area contributed by atoms with Crippen LogP contribution in [0.4, 0.5) is 5.69 Å². The van der Waals surface area contributed by atoms with Crippen LogP contribution < -0.4 is 5.32 Å². The summed E-state index contributed by atoms with van der Waals surface area (Å²) in [4.78, 5) is 59.1. The summed E-state index contributed by atoms with van der Waals surface area (Å²) < 4.78 is 1.12. The first-order valence-electron chi connectivity index (χ1n) is 14.4. The third-order valence-corrected chi connectivity index (χ3v) is 8.40. The molecule has 0 aliphatic carbocycles. The molecule has 2 heterocycles. The van der Waals surface area contributed by atoms with Gasteiger partial charge in [-0.25, -0.2) is 4.98 Å². The summed E-state index contributed by atoms with van der Waals surface area (Å²) >= 11 is 1.61. The lowest BCUT2D eigenvalue weighted by Crippen LogP contribution is -2.49. The number of benzene rings is 2. The zero-order chi connectivity index (χ0) is 31.6. The van der Waals surface area contributed by atoms with E-state index in [4.69, 9.17) is 4.98 Å². The number of carboxylic acids is 3. The van der Waals surface area contributed by atoms with Gasteiger partial charge in [-0.1, -0.05) is 6.07 Å². The number of amides is 1. The number of aliphatic carboxylic acids is 3. The minimum Gasteiger partial charge on any atom is -0.480 e. The van der Waals surface area contributed by atoms with Crippen LogP contribution in [0.3, 0.4) is 0 Å². The van der Waals surface area contributed by atoms with Gasteiger partial charge in [0.2, 0.25) is 5.91 Å². The van der Waals surface area contributed by atoms with Crippen LogP contribution >= 0.6 is 11.3 Å². The zero-order valence-corrected chi connectivity index (χ0v) is 25.5. The van der Waals surface area contributed by atoms with Gasteiger partial charge in [-0.15, -0.1) is 11.3 Å². The summed E-state index contributed by atoms with van der Waals surface area (Å²) in [6, 6.07) is 13.6. The molecule has 1 aromatic heterocycles. The van der Waals surface area contributed by atoms with Crippen LogP contribution in [0.1, 0.15) is 5.56 Å². The lowest BCUT2D eigenvalue weighted by molar-refractivity contribution is -0.140. The minimum atomic E-state index is -1.01. The molecular weight excluding hydrogens is 588 g/mol. The Hall–Kier alpha value is -3.95. The van der Waals surface area contributed by atoms with Crippen molar-refractivity contribution in [2.45, 2.75) is 6.92 Å². The first kappa shape index (κ1) is 33.0. The highest BCUT2D eigenvalue weighted by Crippen LogP contribution is 2.31. The largest absolute Gasteiger partial charge is 0.480 e. The fraction of sp³-hybridized carbons (Fsp3) is 0.433. The van der Waals surface area contributed by atoms with Crippen molar-refractivity contribution in [1.29, 1.82) is 0 Å². The van der Waals surface area contributed by atoms with Gasteiger partial charge in [0.1, 0.15) is 5.01 Å². The fourth-order valence-corrected chi connectivity index (χ4v) is 6.11. The van der Waals surface area contributed by atoms with Crippen molar-refractivity contribution in [2.24, 2.45) is 0 Å². The number of fused-ring (bicyclic) bond motifs is 1. The minimum absolute atomic E-state index is 0.0337. The van der Waals surface area contributed by atoms with Crippen molar-refractivity contribution in [2.75, 3.05) is 83.9 Å². The number of hydrogen-bond acceptors (Lipinski definition) is 10. The molecular formula is C30H38N6O7S. The normalized spacial score (nSPS) is 16.7. The number of nitrogens with zero attached hydrogens (tertiary/aromatic N) is 5. The van der Waals surface area contributed by atoms with E-state index in [9.17, 15) is 34.5 Å². The van der Waals surface area contributed by atoms with E-state index in [1.54, 1.807) is 26.0 Å². The number of hydrogen-bond donors (Lipinski definition) is 4. The third kappa shape index (κ3) is 10.3. The van der Waals surface area contributed by atoms with E-state index in [0.29, 0.717) is 58.0 Å². The third-order valence-electron chi connectivity index (χ3n) is 7.33. The maximum absolute atomic E-state index is 13.1. The summed E-state index contributed by atoms with van der Waals surface area (Å²) in [5.74, 6) is -3.25. The monoisotopic (exact) mass is 626 g/mol. The Morgan fingerprint density at radius 1 is 0.705 bits per heavy atom. The average Bonchev–Trinajstić information content (AvgIpc) is 3.37. The molecule has 0 radical (unpaired) electrons. The Morgan fingerprint density at radius 2 is 1.16 bits per heavy atom. The van der Waals surface area contributed by atoms with Crippen LogP contribution in [0.15, 0.2) is 42.5 Å². The molecule has 236 valence electrons. The van der Waals surface area contributed by atoms with E-state index in [-0.39, 0.29) is 32.1 Å². The van der Waals surface area contributed by atoms with Gasteiger partial charge in [0.05, 0.1) is 36.4 Å². The maximum Gasteiger partial charge on any atom is 0.317 e. The molecule has 1 saturated heterocycles. The van der Waals surface area contributed by atoms with E-state index in [1.165, 1.54) is 5.56 Å². The summed E-state index contributed by atoms with van der Waals surface area (Å²) in [5.41, 5.74) is 3.70. The second kappa shape index (κ2) is 15.7. The van der Waals surface area contributed by atoms with Crippen molar-refractivity contribution in [1.82, 2.24) is 24.6 Å². The van der Waals surface area contributed by atoms with Crippen molar-refractivity contribution in [3.8, 4) is 10.6 Å². The van der Waals surface area contributed by atoms with Gasteiger partial charge in [0, 0.05) is 63.6 Å². The van der Waals surface area contributed by atoms with Crippen LogP contribution in [-0.2, 0) is 19.2 Å². The lowest BCUT2D eigenvalue weighted by Gasteiger charge is -2.32. The molecule has 2 aromatic carbocycles. The van der Waals surface area contributed by atoms with Crippen molar-refractivity contribution in [3.05, 3.63) is 48.0 Å². The quantitative estimate of drug-likeness (QED) is 0.258. The number of rotatable bonds is 10. The molecule has 44 heavy (non-hydrogen) atoms. The molecule has 1 aliphatic heterocycles. The van der Waals surface area contributed by atoms with E-state index in [2.05, 4.69) is 11.4 Å². The van der Waals surface area contributed by atoms with Crippen LogP contribution in [0, 0.1) is 6.92 Å². The first-order chi connectivity index (χ1) is 21.0. The van der Waals surface area contributed by atoms with Gasteiger partial charge in [-0.2, -0.15) is 0 Å². The number of thiazole rings is 1. The van der Waals surface area contributed by atoms with E-state index < -0.39 is 17.9 Å². The Bertz CT molecular complexity index is 1430. The van der Waals surface area contributed by atoms with Crippen LogP contribution in [-0.4, -0.2) is 142 Å². The molecule has 4 rings (SSSR count). The molecule has 1 aliphatic rings.